The van der Waals surface area contributed by atoms with Crippen molar-refractivity contribution in [3.05, 3.63) is 74.2 Å². The van der Waals surface area contributed by atoms with Gasteiger partial charge in [0.2, 0.25) is 11.8 Å². The number of alkyl halides is 3. The van der Waals surface area contributed by atoms with Gasteiger partial charge in [-0.05, 0) is 48.4 Å². The van der Waals surface area contributed by atoms with Crippen LogP contribution in [0.2, 0.25) is 0 Å². The zero-order valence-corrected chi connectivity index (χ0v) is 20.6. The van der Waals surface area contributed by atoms with Gasteiger partial charge in [-0.25, -0.2) is 0 Å². The van der Waals surface area contributed by atoms with Gasteiger partial charge >= 0.3 is 11.0 Å². The normalized spacial score (nSPS) is 32.0. The number of benzene rings is 2. The highest BCUT2D eigenvalue weighted by Crippen LogP contribution is 2.69. The summed E-state index contributed by atoms with van der Waals surface area (Å²) in [6.45, 7) is 0. The predicted molar refractivity (Wildman–Crippen MR) is 131 cm³/mol. The number of halogens is 3. The molecule has 7 atom stereocenters. The fourth-order valence-electron chi connectivity index (χ4n) is 7.19. The van der Waals surface area contributed by atoms with Crippen molar-refractivity contribution in [2.45, 2.75) is 28.8 Å². The van der Waals surface area contributed by atoms with Crippen LogP contribution in [0.5, 0.6) is 5.75 Å². The zero-order valence-electron chi connectivity index (χ0n) is 18.9. The van der Waals surface area contributed by atoms with Gasteiger partial charge in [0.05, 0.1) is 28.1 Å². The maximum Gasteiger partial charge on any atom is 0.416 e. The fraction of sp³-hybridized carbons (Fsp3) is 0.346. The lowest BCUT2D eigenvalue weighted by Crippen LogP contribution is -2.42. The van der Waals surface area contributed by atoms with Gasteiger partial charge in [-0.2, -0.15) is 13.2 Å². The quantitative estimate of drug-likeness (QED) is 0.451. The fourth-order valence-corrected chi connectivity index (χ4v) is 10.1. The molecule has 2 N–H and O–H groups in total. The van der Waals surface area contributed by atoms with E-state index in [0.29, 0.717) is 12.0 Å². The predicted octanol–water partition coefficient (Wildman–Crippen LogP) is 4.84. The van der Waals surface area contributed by atoms with Crippen LogP contribution in [-0.2, 0) is 15.8 Å². The minimum Gasteiger partial charge on any atom is -0.508 e. The van der Waals surface area contributed by atoms with Gasteiger partial charge in [-0.1, -0.05) is 35.6 Å². The molecule has 6 nitrogen and oxygen atoms in total. The molecule has 0 spiro atoms. The van der Waals surface area contributed by atoms with Crippen molar-refractivity contribution >= 4 is 40.6 Å². The molecule has 1 aromatic heterocycles. The number of para-hydroxylation sites is 1. The van der Waals surface area contributed by atoms with Gasteiger partial charge in [0.25, 0.3) is 0 Å². The molecular formula is C26H19F3N2O4S2. The van der Waals surface area contributed by atoms with Crippen LogP contribution in [0.1, 0.15) is 28.3 Å². The number of phenols is 1. The molecule has 2 aliphatic carbocycles. The zero-order chi connectivity index (χ0) is 25.8. The number of aromatic hydroxyl groups is 1. The Bertz CT molecular complexity index is 1530. The van der Waals surface area contributed by atoms with Crippen LogP contribution in [0.4, 0.5) is 18.9 Å². The molecule has 11 heteroatoms. The Labute approximate surface area is 216 Å². The summed E-state index contributed by atoms with van der Waals surface area (Å²) in [5.74, 6) is -2.87. The molecule has 4 aliphatic rings. The van der Waals surface area contributed by atoms with E-state index in [-0.39, 0.29) is 45.2 Å². The number of amides is 2. The first-order chi connectivity index (χ1) is 17.6. The number of imide groups is 1. The van der Waals surface area contributed by atoms with Crippen molar-refractivity contribution in [3.8, 4) is 5.75 Å². The van der Waals surface area contributed by atoms with Crippen LogP contribution in [0.3, 0.4) is 0 Å². The topological polar surface area (TPSA) is 90.5 Å². The Morgan fingerprint density at radius 1 is 0.973 bits per heavy atom. The van der Waals surface area contributed by atoms with E-state index >= 15 is 0 Å². The standard InChI is InChI=1S/C26H19F3N2O4S2/c27-26(28,29)10-4-3-5-11(8-10)31-23(33)18-13-9-14(19(18)24(31)34)20-17(13)16(12-6-1-2-7-15(12)32)21-22(36-20)30-25(35)37-21/h1-8,13-14,16-20,32H,9H2,(H,30,35)/t13-,14-,16-,17-,18+,19-,20-/m1/s1. The number of hydrogen-bond donors (Lipinski definition) is 2. The first-order valence-electron chi connectivity index (χ1n) is 11.9. The Morgan fingerprint density at radius 2 is 1.70 bits per heavy atom. The molecule has 3 heterocycles. The number of hydrogen-bond acceptors (Lipinski definition) is 6. The molecule has 2 saturated carbocycles. The molecule has 0 radical (unpaired) electrons. The van der Waals surface area contributed by atoms with E-state index in [1.54, 1.807) is 12.1 Å². The van der Waals surface area contributed by atoms with Crippen molar-refractivity contribution in [1.82, 2.24) is 4.98 Å². The Morgan fingerprint density at radius 3 is 2.43 bits per heavy atom. The van der Waals surface area contributed by atoms with E-state index in [1.165, 1.54) is 23.9 Å². The number of thioether (sulfide) groups is 1. The van der Waals surface area contributed by atoms with Crippen molar-refractivity contribution in [3.63, 3.8) is 0 Å². The summed E-state index contributed by atoms with van der Waals surface area (Å²) in [6, 6.07) is 11.3. The molecule has 2 aliphatic heterocycles. The maximum atomic E-state index is 13.7. The summed E-state index contributed by atoms with van der Waals surface area (Å²) in [5, 5.41) is 11.4. The van der Waals surface area contributed by atoms with Crippen LogP contribution >= 0.6 is 23.1 Å². The highest BCUT2D eigenvalue weighted by atomic mass is 32.2. The number of nitrogens with zero attached hydrogens (tertiary/aromatic N) is 1. The Kier molecular flexibility index (Phi) is 4.83. The van der Waals surface area contributed by atoms with Gasteiger partial charge in [-0.3, -0.25) is 19.3 Å². The molecule has 37 heavy (non-hydrogen) atoms. The van der Waals surface area contributed by atoms with E-state index in [4.69, 9.17) is 0 Å². The minimum atomic E-state index is -4.60. The van der Waals surface area contributed by atoms with Gasteiger partial charge in [0, 0.05) is 21.6 Å². The lowest BCUT2D eigenvalue weighted by Gasteiger charge is -2.43. The number of carbonyl (C=O) groups is 2. The molecule has 2 aromatic carbocycles. The highest BCUT2D eigenvalue weighted by molar-refractivity contribution is 8.00. The van der Waals surface area contributed by atoms with E-state index in [1.807, 2.05) is 12.1 Å². The highest BCUT2D eigenvalue weighted by Gasteiger charge is 2.69. The molecule has 7 rings (SSSR count). The van der Waals surface area contributed by atoms with E-state index in [2.05, 4.69) is 4.98 Å². The van der Waals surface area contributed by atoms with Crippen LogP contribution in [0.15, 0.2) is 58.4 Å². The largest absolute Gasteiger partial charge is 0.508 e. The number of carbonyl (C=O) groups excluding carboxylic acids is 2. The number of thiazole rings is 1. The molecule has 0 unspecified atom stereocenters. The second kappa shape index (κ2) is 7.73. The van der Waals surface area contributed by atoms with Crippen LogP contribution < -0.4 is 9.77 Å². The number of phenolic OH excluding ortho intramolecular Hbond substituents is 1. The molecule has 1 saturated heterocycles. The summed E-state index contributed by atoms with van der Waals surface area (Å²) in [4.78, 5) is 44.1. The SMILES string of the molecule is O=C1[C@@H]2[C@H]3C[C@@H]([C@@H]2C(=O)N1c1cccc(C(F)(F)F)c1)[C@@H]1[C@@H](c2ccccc2O)c2sc(=O)[nH]c2S[C@H]31. The summed E-state index contributed by atoms with van der Waals surface area (Å²) in [7, 11) is 0. The number of rotatable bonds is 2. The third-order valence-corrected chi connectivity index (χ3v) is 11.0. The second-order valence-electron chi connectivity index (χ2n) is 10.1. The number of aromatic amines is 1. The Balaban J connectivity index is 1.31. The number of fused-ring (bicyclic) bond motifs is 9. The monoisotopic (exact) mass is 544 g/mol. The third-order valence-electron chi connectivity index (χ3n) is 8.43. The average Bonchev–Trinajstić information content (AvgIpc) is 3.58. The summed E-state index contributed by atoms with van der Waals surface area (Å²) in [5.41, 5.74) is -0.303. The van der Waals surface area contributed by atoms with E-state index in [0.717, 1.165) is 38.3 Å². The van der Waals surface area contributed by atoms with Gasteiger partial charge in [0.15, 0.2) is 0 Å². The molecule has 190 valence electrons. The molecule has 2 amide bonds. The van der Waals surface area contributed by atoms with Gasteiger partial charge < -0.3 is 10.1 Å². The lowest BCUT2D eigenvalue weighted by atomic mass is 9.68. The van der Waals surface area contributed by atoms with Crippen LogP contribution in [-0.4, -0.2) is 27.2 Å². The number of nitrogens with one attached hydrogen (secondary N) is 1. The van der Waals surface area contributed by atoms with Crippen LogP contribution in [0.25, 0.3) is 0 Å². The lowest BCUT2D eigenvalue weighted by molar-refractivity contribution is -0.137. The third kappa shape index (κ3) is 3.16. The van der Waals surface area contributed by atoms with Crippen LogP contribution in [0, 0.1) is 29.6 Å². The van der Waals surface area contributed by atoms with E-state index in [9.17, 15) is 32.7 Å². The van der Waals surface area contributed by atoms with Crippen molar-refractivity contribution in [1.29, 1.82) is 0 Å². The number of anilines is 1. The molecule has 2 bridgehead atoms. The first kappa shape index (κ1) is 23.1. The second-order valence-corrected chi connectivity index (χ2v) is 12.3. The van der Waals surface area contributed by atoms with Gasteiger partial charge in [0.1, 0.15) is 5.75 Å². The number of aromatic nitrogens is 1. The molecule has 3 aromatic rings. The molecular weight excluding hydrogens is 525 g/mol. The molecule has 3 fully saturated rings. The Hall–Kier alpha value is -3.05. The van der Waals surface area contributed by atoms with E-state index < -0.39 is 35.4 Å². The first-order valence-corrected chi connectivity index (χ1v) is 13.6. The number of H-pyrrole nitrogens is 1. The summed E-state index contributed by atoms with van der Waals surface area (Å²) >= 11 is 2.61. The summed E-state index contributed by atoms with van der Waals surface area (Å²) in [6.07, 6.45) is -3.95. The van der Waals surface area contributed by atoms with Gasteiger partial charge in [-0.15, -0.1) is 11.8 Å². The van der Waals surface area contributed by atoms with Crippen molar-refractivity contribution in [2.75, 3.05) is 4.90 Å². The average molecular weight is 545 g/mol. The van der Waals surface area contributed by atoms with Crippen molar-refractivity contribution < 1.29 is 27.9 Å². The smallest absolute Gasteiger partial charge is 0.416 e. The summed E-state index contributed by atoms with van der Waals surface area (Å²) < 4.78 is 40.0. The maximum absolute atomic E-state index is 13.7. The minimum absolute atomic E-state index is 0.0602. The van der Waals surface area contributed by atoms with Crippen molar-refractivity contribution in [2.24, 2.45) is 29.6 Å².